The molecule has 0 radical (unpaired) electrons. The maximum atomic E-state index is 14.2. The Labute approximate surface area is 155 Å². The number of benzene rings is 2. The predicted molar refractivity (Wildman–Crippen MR) is 95.4 cm³/mol. The number of rotatable bonds is 5. The van der Waals surface area contributed by atoms with Gasteiger partial charge in [0.2, 0.25) is 23.8 Å². The average Bonchev–Trinajstić information content (AvgIpc) is 3.12. The van der Waals surface area contributed by atoms with Gasteiger partial charge in [-0.1, -0.05) is 18.2 Å². The van der Waals surface area contributed by atoms with Gasteiger partial charge < -0.3 is 18.9 Å². The summed E-state index contributed by atoms with van der Waals surface area (Å²) in [7, 11) is 4.47. The van der Waals surface area contributed by atoms with Crippen LogP contribution >= 0.6 is 0 Å². The standard InChI is InChI=1S/C19H19FN2O5/c1-11(23)22-19(13-7-5-6-8-14(13)20)27-18(21-22)12-9-15(24-2)17(26-4)16(10-12)25-3/h5-10,19H,1-4H3. The lowest BCUT2D eigenvalue weighted by atomic mass is 10.1. The third-order valence-electron chi connectivity index (χ3n) is 4.05. The van der Waals surface area contributed by atoms with Crippen LogP contribution in [0.4, 0.5) is 4.39 Å². The maximum Gasteiger partial charge on any atom is 0.243 e. The minimum atomic E-state index is -1.00. The Hall–Kier alpha value is -3.29. The number of ether oxygens (including phenoxy) is 4. The molecule has 1 heterocycles. The van der Waals surface area contributed by atoms with Crippen LogP contribution in [-0.4, -0.2) is 38.1 Å². The molecule has 8 heteroatoms. The van der Waals surface area contributed by atoms with Gasteiger partial charge in [-0.05, 0) is 18.2 Å². The highest BCUT2D eigenvalue weighted by atomic mass is 19.1. The average molecular weight is 374 g/mol. The number of methoxy groups -OCH3 is 3. The van der Waals surface area contributed by atoms with Crippen molar-refractivity contribution < 1.29 is 28.1 Å². The summed E-state index contributed by atoms with van der Waals surface area (Å²) in [6.07, 6.45) is -1.00. The molecule has 2 aromatic carbocycles. The molecule has 0 aromatic heterocycles. The number of carbonyl (C=O) groups is 1. The largest absolute Gasteiger partial charge is 0.493 e. The van der Waals surface area contributed by atoms with E-state index in [1.807, 2.05) is 0 Å². The van der Waals surface area contributed by atoms with Crippen molar-refractivity contribution in [1.82, 2.24) is 5.01 Å². The van der Waals surface area contributed by atoms with Crippen LogP contribution in [-0.2, 0) is 9.53 Å². The molecule has 0 spiro atoms. The van der Waals surface area contributed by atoms with Gasteiger partial charge in [0, 0.05) is 12.5 Å². The highest BCUT2D eigenvalue weighted by molar-refractivity contribution is 5.97. The second kappa shape index (κ2) is 7.53. The first-order chi connectivity index (χ1) is 13.0. The first-order valence-corrected chi connectivity index (χ1v) is 8.10. The Morgan fingerprint density at radius 2 is 1.74 bits per heavy atom. The Kier molecular flexibility index (Phi) is 5.16. The number of nitrogens with zero attached hydrogens (tertiary/aromatic N) is 2. The summed E-state index contributed by atoms with van der Waals surface area (Å²) in [4.78, 5) is 12.0. The van der Waals surface area contributed by atoms with E-state index in [1.54, 1.807) is 30.3 Å². The van der Waals surface area contributed by atoms with E-state index in [0.29, 0.717) is 22.8 Å². The highest BCUT2D eigenvalue weighted by Crippen LogP contribution is 2.40. The van der Waals surface area contributed by atoms with Gasteiger partial charge >= 0.3 is 0 Å². The normalized spacial score (nSPS) is 15.8. The van der Waals surface area contributed by atoms with Gasteiger partial charge in [-0.15, -0.1) is 5.10 Å². The van der Waals surface area contributed by atoms with Gasteiger partial charge in [0.25, 0.3) is 0 Å². The van der Waals surface area contributed by atoms with Gasteiger partial charge in [0.05, 0.1) is 26.9 Å². The van der Waals surface area contributed by atoms with Crippen molar-refractivity contribution in [3.8, 4) is 17.2 Å². The number of hydrogen-bond acceptors (Lipinski definition) is 6. The fourth-order valence-electron chi connectivity index (χ4n) is 2.77. The number of hydrazone groups is 1. The Morgan fingerprint density at radius 1 is 1.11 bits per heavy atom. The van der Waals surface area contributed by atoms with E-state index in [2.05, 4.69) is 5.10 Å². The van der Waals surface area contributed by atoms with E-state index in [4.69, 9.17) is 18.9 Å². The summed E-state index contributed by atoms with van der Waals surface area (Å²) >= 11 is 0. The minimum absolute atomic E-state index is 0.137. The monoisotopic (exact) mass is 374 g/mol. The molecule has 0 fully saturated rings. The van der Waals surface area contributed by atoms with Crippen molar-refractivity contribution in [2.24, 2.45) is 5.10 Å². The summed E-state index contributed by atoms with van der Waals surface area (Å²) in [5, 5.41) is 5.32. The summed E-state index contributed by atoms with van der Waals surface area (Å²) < 4.78 is 36.0. The maximum absolute atomic E-state index is 14.2. The molecule has 0 aliphatic carbocycles. The Morgan fingerprint density at radius 3 is 2.26 bits per heavy atom. The van der Waals surface area contributed by atoms with E-state index in [-0.39, 0.29) is 17.4 Å². The van der Waals surface area contributed by atoms with Gasteiger partial charge in [0.15, 0.2) is 11.5 Å². The second-order valence-corrected chi connectivity index (χ2v) is 5.67. The molecule has 27 heavy (non-hydrogen) atoms. The molecule has 3 rings (SSSR count). The van der Waals surface area contributed by atoms with Gasteiger partial charge in [-0.25, -0.2) is 4.39 Å². The SMILES string of the molecule is COc1cc(C2=NN(C(C)=O)C(c3ccccc3F)O2)cc(OC)c1OC. The Balaban J connectivity index is 2.04. The molecular weight excluding hydrogens is 355 g/mol. The van der Waals surface area contributed by atoms with E-state index < -0.39 is 12.0 Å². The van der Waals surface area contributed by atoms with E-state index in [9.17, 15) is 9.18 Å². The summed E-state index contributed by atoms with van der Waals surface area (Å²) in [6, 6.07) is 9.35. The molecule has 1 unspecified atom stereocenters. The predicted octanol–water partition coefficient (Wildman–Crippen LogP) is 3.09. The van der Waals surface area contributed by atoms with E-state index in [1.165, 1.54) is 34.3 Å². The molecule has 0 saturated heterocycles. The fraction of sp³-hybridized carbons (Fsp3) is 0.263. The van der Waals surface area contributed by atoms with Crippen LogP contribution in [0.1, 0.15) is 24.3 Å². The molecule has 7 nitrogen and oxygen atoms in total. The lowest BCUT2D eigenvalue weighted by molar-refractivity contribution is -0.135. The van der Waals surface area contributed by atoms with Gasteiger partial charge in [0.1, 0.15) is 5.82 Å². The summed E-state index contributed by atoms with van der Waals surface area (Å²) in [5.74, 6) is 0.485. The zero-order valence-corrected chi connectivity index (χ0v) is 15.4. The van der Waals surface area contributed by atoms with Crippen molar-refractivity contribution in [3.05, 3.63) is 53.3 Å². The lowest BCUT2D eigenvalue weighted by Crippen LogP contribution is -2.26. The Bertz CT molecular complexity index is 874. The zero-order chi connectivity index (χ0) is 19.6. The molecular formula is C19H19FN2O5. The lowest BCUT2D eigenvalue weighted by Gasteiger charge is -2.19. The van der Waals surface area contributed by atoms with Crippen LogP contribution in [0.25, 0.3) is 0 Å². The highest BCUT2D eigenvalue weighted by Gasteiger charge is 2.35. The van der Waals surface area contributed by atoms with Crippen molar-refractivity contribution in [1.29, 1.82) is 0 Å². The smallest absolute Gasteiger partial charge is 0.243 e. The van der Waals surface area contributed by atoms with Crippen molar-refractivity contribution in [2.45, 2.75) is 13.2 Å². The van der Waals surface area contributed by atoms with Crippen LogP contribution in [0.2, 0.25) is 0 Å². The second-order valence-electron chi connectivity index (χ2n) is 5.67. The number of carbonyl (C=O) groups excluding carboxylic acids is 1. The van der Waals surface area contributed by atoms with E-state index in [0.717, 1.165) is 5.01 Å². The van der Waals surface area contributed by atoms with Crippen LogP contribution in [0.3, 0.4) is 0 Å². The van der Waals surface area contributed by atoms with Crippen molar-refractivity contribution in [2.75, 3.05) is 21.3 Å². The van der Waals surface area contributed by atoms with E-state index >= 15 is 0 Å². The molecule has 2 aromatic rings. The molecule has 0 bridgehead atoms. The van der Waals surface area contributed by atoms with Gasteiger partial charge in [-0.2, -0.15) is 5.01 Å². The third kappa shape index (κ3) is 3.38. The zero-order valence-electron chi connectivity index (χ0n) is 15.4. The van der Waals surface area contributed by atoms with Crippen LogP contribution in [0.15, 0.2) is 41.5 Å². The number of amides is 1. The molecule has 142 valence electrons. The number of hydrogen-bond donors (Lipinski definition) is 0. The molecule has 1 aliphatic rings. The first-order valence-electron chi connectivity index (χ1n) is 8.10. The summed E-state index contributed by atoms with van der Waals surface area (Å²) in [5.41, 5.74) is 0.702. The fourth-order valence-corrected chi connectivity index (χ4v) is 2.77. The first kappa shape index (κ1) is 18.5. The van der Waals surface area contributed by atoms with Gasteiger partial charge in [-0.3, -0.25) is 4.79 Å². The van der Waals surface area contributed by atoms with Crippen LogP contribution < -0.4 is 14.2 Å². The van der Waals surface area contributed by atoms with Crippen LogP contribution in [0, 0.1) is 5.82 Å². The van der Waals surface area contributed by atoms with Crippen LogP contribution in [0.5, 0.6) is 17.2 Å². The molecule has 0 saturated carbocycles. The topological polar surface area (TPSA) is 69.6 Å². The molecule has 0 N–H and O–H groups in total. The van der Waals surface area contributed by atoms with Crippen molar-refractivity contribution in [3.63, 3.8) is 0 Å². The minimum Gasteiger partial charge on any atom is -0.493 e. The quantitative estimate of drug-likeness (QED) is 0.804. The third-order valence-corrected chi connectivity index (χ3v) is 4.05. The van der Waals surface area contributed by atoms with Crippen molar-refractivity contribution >= 4 is 11.8 Å². The molecule has 1 amide bonds. The number of halogens is 1. The molecule has 1 aliphatic heterocycles. The molecule has 1 atom stereocenters. The summed E-state index contributed by atoms with van der Waals surface area (Å²) in [6.45, 7) is 1.33.